The second kappa shape index (κ2) is 5.61. The quantitative estimate of drug-likeness (QED) is 0.877. The predicted molar refractivity (Wildman–Crippen MR) is 88.6 cm³/mol. The van der Waals surface area contributed by atoms with Crippen molar-refractivity contribution in [2.75, 3.05) is 31.1 Å². The van der Waals surface area contributed by atoms with Gasteiger partial charge in [-0.15, -0.1) is 17.9 Å². The van der Waals surface area contributed by atoms with Gasteiger partial charge in [0.1, 0.15) is 4.83 Å². The van der Waals surface area contributed by atoms with Crippen LogP contribution in [0.15, 0.2) is 17.4 Å². The lowest BCUT2D eigenvalue weighted by Gasteiger charge is -2.30. The summed E-state index contributed by atoms with van der Waals surface area (Å²) < 4.78 is 1.75. The first-order valence-electron chi connectivity index (χ1n) is 7.20. The average Bonchev–Trinajstić information content (AvgIpc) is 2.78. The fourth-order valence-electron chi connectivity index (χ4n) is 2.72. The molecule has 1 N–H and O–H groups in total. The maximum Gasteiger partial charge on any atom is 0.264 e. The molecule has 112 valence electrons. The molecule has 21 heavy (non-hydrogen) atoms. The van der Waals surface area contributed by atoms with Crippen molar-refractivity contribution in [3.63, 3.8) is 0 Å². The van der Waals surface area contributed by atoms with Crippen LogP contribution in [0.4, 0.5) is 5.95 Å². The summed E-state index contributed by atoms with van der Waals surface area (Å²) in [6.07, 6.45) is 1.76. The number of rotatable bonds is 3. The lowest BCUT2D eigenvalue weighted by molar-refractivity contribution is 0.565. The first-order valence-corrected chi connectivity index (χ1v) is 8.02. The Labute approximate surface area is 127 Å². The molecule has 2 aromatic heterocycles. The van der Waals surface area contributed by atoms with Crippen molar-refractivity contribution in [2.45, 2.75) is 20.4 Å². The molecule has 3 heterocycles. The summed E-state index contributed by atoms with van der Waals surface area (Å²) >= 11 is 1.61. The smallest absolute Gasteiger partial charge is 0.264 e. The van der Waals surface area contributed by atoms with Crippen LogP contribution >= 0.6 is 11.3 Å². The third-order valence-electron chi connectivity index (χ3n) is 3.98. The van der Waals surface area contributed by atoms with Gasteiger partial charge < -0.3 is 10.2 Å². The highest BCUT2D eigenvalue weighted by molar-refractivity contribution is 7.18. The van der Waals surface area contributed by atoms with Gasteiger partial charge in [-0.1, -0.05) is 6.08 Å². The van der Waals surface area contributed by atoms with Gasteiger partial charge in [0.15, 0.2) is 0 Å². The molecule has 0 aromatic carbocycles. The van der Waals surface area contributed by atoms with E-state index in [0.29, 0.717) is 6.54 Å². The maximum atomic E-state index is 12.9. The van der Waals surface area contributed by atoms with Crippen LogP contribution in [0, 0.1) is 13.8 Å². The maximum absolute atomic E-state index is 12.9. The van der Waals surface area contributed by atoms with Crippen LogP contribution in [0.25, 0.3) is 10.2 Å². The Balaban J connectivity index is 2.24. The molecular weight excluding hydrogens is 284 g/mol. The summed E-state index contributed by atoms with van der Waals surface area (Å²) in [4.78, 5) is 21.8. The molecule has 1 aliphatic heterocycles. The molecule has 0 spiro atoms. The Morgan fingerprint density at radius 3 is 2.76 bits per heavy atom. The van der Waals surface area contributed by atoms with Crippen molar-refractivity contribution in [3.8, 4) is 0 Å². The molecule has 0 bridgehead atoms. The first-order chi connectivity index (χ1) is 10.1. The zero-order valence-corrected chi connectivity index (χ0v) is 13.3. The van der Waals surface area contributed by atoms with E-state index in [9.17, 15) is 4.79 Å². The van der Waals surface area contributed by atoms with Crippen molar-refractivity contribution in [1.82, 2.24) is 14.9 Å². The van der Waals surface area contributed by atoms with Gasteiger partial charge in [0.05, 0.1) is 5.39 Å². The minimum Gasteiger partial charge on any atom is -0.340 e. The monoisotopic (exact) mass is 304 g/mol. The summed E-state index contributed by atoms with van der Waals surface area (Å²) in [5, 5.41) is 4.09. The molecule has 0 aliphatic carbocycles. The molecule has 0 saturated carbocycles. The molecular formula is C15H20N4OS. The predicted octanol–water partition coefficient (Wildman–Crippen LogP) is 1.67. The standard InChI is InChI=1S/C15H20N4OS/c1-4-7-19-14(20)12-10(2)11(3)21-13(12)17-15(19)18-8-5-16-6-9-18/h4,16H,1,5-9H2,2-3H3. The first kappa shape index (κ1) is 14.3. The van der Waals surface area contributed by atoms with E-state index in [1.54, 1.807) is 22.0 Å². The molecule has 0 amide bonds. The van der Waals surface area contributed by atoms with Gasteiger partial charge >= 0.3 is 0 Å². The second-order valence-corrected chi connectivity index (χ2v) is 6.52. The summed E-state index contributed by atoms with van der Waals surface area (Å²) in [6.45, 7) is 11.9. The van der Waals surface area contributed by atoms with Gasteiger partial charge in [0.2, 0.25) is 5.95 Å². The Morgan fingerprint density at radius 1 is 1.38 bits per heavy atom. The SMILES string of the molecule is C=CCn1c(N2CCNCC2)nc2sc(C)c(C)c2c1=O. The molecule has 1 saturated heterocycles. The Bertz CT molecular complexity index is 740. The Kier molecular flexibility index (Phi) is 3.82. The fourth-order valence-corrected chi connectivity index (χ4v) is 3.73. The normalized spacial score (nSPS) is 15.6. The van der Waals surface area contributed by atoms with Crippen molar-refractivity contribution >= 4 is 27.5 Å². The number of aryl methyl sites for hydroxylation is 2. The number of piperazine rings is 1. The molecule has 0 radical (unpaired) electrons. The molecule has 2 aromatic rings. The zero-order valence-electron chi connectivity index (χ0n) is 12.5. The number of nitrogens with one attached hydrogen (secondary N) is 1. The van der Waals surface area contributed by atoms with E-state index in [-0.39, 0.29) is 5.56 Å². The summed E-state index contributed by atoms with van der Waals surface area (Å²) in [6, 6.07) is 0. The highest BCUT2D eigenvalue weighted by Crippen LogP contribution is 2.28. The molecule has 3 rings (SSSR count). The van der Waals surface area contributed by atoms with Crippen molar-refractivity contribution < 1.29 is 0 Å². The van der Waals surface area contributed by atoms with Gasteiger partial charge in [0, 0.05) is 37.6 Å². The molecule has 5 nitrogen and oxygen atoms in total. The molecule has 0 atom stereocenters. The van der Waals surface area contributed by atoms with Gasteiger partial charge in [-0.25, -0.2) is 4.98 Å². The zero-order chi connectivity index (χ0) is 15.0. The number of aromatic nitrogens is 2. The number of hydrogen-bond acceptors (Lipinski definition) is 5. The van der Waals surface area contributed by atoms with Crippen molar-refractivity contribution in [2.24, 2.45) is 0 Å². The van der Waals surface area contributed by atoms with E-state index in [4.69, 9.17) is 4.98 Å². The van der Waals surface area contributed by atoms with Crippen molar-refractivity contribution in [1.29, 1.82) is 0 Å². The van der Waals surface area contributed by atoms with E-state index >= 15 is 0 Å². The van der Waals surface area contributed by atoms with Gasteiger partial charge in [-0.05, 0) is 19.4 Å². The van der Waals surface area contributed by atoms with E-state index < -0.39 is 0 Å². The average molecular weight is 304 g/mol. The Hall–Kier alpha value is -1.66. The highest BCUT2D eigenvalue weighted by Gasteiger charge is 2.20. The van der Waals surface area contributed by atoms with E-state index in [1.807, 2.05) is 13.8 Å². The minimum atomic E-state index is 0.0512. The third kappa shape index (κ3) is 2.38. The minimum absolute atomic E-state index is 0.0512. The Morgan fingerprint density at radius 2 is 2.10 bits per heavy atom. The number of nitrogens with zero attached hydrogens (tertiary/aromatic N) is 3. The lowest BCUT2D eigenvalue weighted by atomic mass is 10.2. The van der Waals surface area contributed by atoms with Crippen LogP contribution in [-0.2, 0) is 6.54 Å². The third-order valence-corrected chi connectivity index (χ3v) is 5.08. The molecule has 6 heteroatoms. The summed E-state index contributed by atoms with van der Waals surface area (Å²) in [5.74, 6) is 0.773. The summed E-state index contributed by atoms with van der Waals surface area (Å²) in [7, 11) is 0. The molecule has 0 unspecified atom stereocenters. The van der Waals surface area contributed by atoms with Gasteiger partial charge in [-0.2, -0.15) is 0 Å². The lowest BCUT2D eigenvalue weighted by Crippen LogP contribution is -2.46. The van der Waals surface area contributed by atoms with Gasteiger partial charge in [-0.3, -0.25) is 9.36 Å². The van der Waals surface area contributed by atoms with E-state index in [0.717, 1.165) is 52.8 Å². The largest absolute Gasteiger partial charge is 0.340 e. The van der Waals surface area contributed by atoms with E-state index in [1.165, 1.54) is 0 Å². The molecule has 1 fully saturated rings. The van der Waals surface area contributed by atoms with Crippen LogP contribution in [0.2, 0.25) is 0 Å². The van der Waals surface area contributed by atoms with Gasteiger partial charge in [0.25, 0.3) is 5.56 Å². The van der Waals surface area contributed by atoms with Crippen LogP contribution in [-0.4, -0.2) is 35.7 Å². The van der Waals surface area contributed by atoms with Crippen LogP contribution in [0.1, 0.15) is 10.4 Å². The number of hydrogen-bond donors (Lipinski definition) is 1. The van der Waals surface area contributed by atoms with Crippen LogP contribution < -0.4 is 15.8 Å². The highest BCUT2D eigenvalue weighted by atomic mass is 32.1. The van der Waals surface area contributed by atoms with E-state index in [2.05, 4.69) is 16.8 Å². The number of anilines is 1. The molecule has 1 aliphatic rings. The topological polar surface area (TPSA) is 50.2 Å². The second-order valence-electron chi connectivity index (χ2n) is 5.32. The number of allylic oxidation sites excluding steroid dienone is 1. The number of fused-ring (bicyclic) bond motifs is 1. The fraction of sp³-hybridized carbons (Fsp3) is 0.467. The number of thiophene rings is 1. The van der Waals surface area contributed by atoms with Crippen LogP contribution in [0.3, 0.4) is 0 Å². The van der Waals surface area contributed by atoms with Crippen LogP contribution in [0.5, 0.6) is 0 Å². The van der Waals surface area contributed by atoms with Crippen molar-refractivity contribution in [3.05, 3.63) is 33.4 Å². The summed E-state index contributed by atoms with van der Waals surface area (Å²) in [5.41, 5.74) is 1.10.